The predicted octanol–water partition coefficient (Wildman–Crippen LogP) is 3.48. The maximum Gasteiger partial charge on any atom is 0.276 e. The minimum absolute atomic E-state index is 0.0373. The Morgan fingerprint density at radius 2 is 2.04 bits per heavy atom. The molecule has 1 N–H and O–H groups in total. The standard InChI is InChI=1S/C19H24N2O3S/c1-3-24-16-10-9-13(12-17(16)23-2)11-15-18(22)21(19(25)20-15)14-7-5-4-6-8-14/h9-12,14H,3-8H2,1-2H3,(H,20,25)/b15-11+. The number of amides is 1. The Hall–Kier alpha value is -2.08. The molecule has 5 nitrogen and oxygen atoms in total. The monoisotopic (exact) mass is 360 g/mol. The van der Waals surface area contributed by atoms with Gasteiger partial charge in [-0.25, -0.2) is 0 Å². The molecule has 1 aromatic carbocycles. The maximum absolute atomic E-state index is 12.8. The van der Waals surface area contributed by atoms with Gasteiger partial charge in [-0.3, -0.25) is 9.69 Å². The third-order valence-corrected chi connectivity index (χ3v) is 4.95. The first-order valence-electron chi connectivity index (χ1n) is 8.81. The highest BCUT2D eigenvalue weighted by atomic mass is 32.1. The SMILES string of the molecule is CCOc1ccc(/C=C2/NC(=S)N(C3CCCCC3)C2=O)cc1OC. The number of thiocarbonyl (C=S) groups is 1. The van der Waals surface area contributed by atoms with Gasteiger partial charge in [0.25, 0.3) is 5.91 Å². The highest BCUT2D eigenvalue weighted by Crippen LogP contribution is 2.30. The summed E-state index contributed by atoms with van der Waals surface area (Å²) < 4.78 is 10.9. The summed E-state index contributed by atoms with van der Waals surface area (Å²) in [5.41, 5.74) is 1.38. The number of rotatable bonds is 5. The van der Waals surface area contributed by atoms with Gasteiger partial charge in [0.1, 0.15) is 5.70 Å². The summed E-state index contributed by atoms with van der Waals surface area (Å²) in [6, 6.07) is 5.84. The number of hydrogen-bond donors (Lipinski definition) is 1. The van der Waals surface area contributed by atoms with Crippen molar-refractivity contribution in [1.29, 1.82) is 0 Å². The molecule has 1 aromatic rings. The van der Waals surface area contributed by atoms with Gasteiger partial charge in [-0.2, -0.15) is 0 Å². The number of hydrogen-bond acceptors (Lipinski definition) is 4. The number of nitrogens with one attached hydrogen (secondary N) is 1. The van der Waals surface area contributed by atoms with Crippen molar-refractivity contribution in [2.24, 2.45) is 0 Å². The van der Waals surface area contributed by atoms with Gasteiger partial charge in [0, 0.05) is 6.04 Å². The van der Waals surface area contributed by atoms with E-state index >= 15 is 0 Å². The molecule has 1 saturated heterocycles. The van der Waals surface area contributed by atoms with Crippen molar-refractivity contribution in [3.8, 4) is 11.5 Å². The van der Waals surface area contributed by atoms with Gasteiger partial charge in [0.2, 0.25) is 0 Å². The molecule has 25 heavy (non-hydrogen) atoms. The predicted molar refractivity (Wildman–Crippen MR) is 102 cm³/mol. The van der Waals surface area contributed by atoms with Crippen molar-refractivity contribution >= 4 is 29.3 Å². The van der Waals surface area contributed by atoms with Crippen LogP contribution in [-0.2, 0) is 4.79 Å². The maximum atomic E-state index is 12.8. The Morgan fingerprint density at radius 1 is 1.28 bits per heavy atom. The molecular weight excluding hydrogens is 336 g/mol. The largest absolute Gasteiger partial charge is 0.493 e. The van der Waals surface area contributed by atoms with Gasteiger partial charge in [0.15, 0.2) is 16.6 Å². The van der Waals surface area contributed by atoms with Crippen molar-refractivity contribution in [3.63, 3.8) is 0 Å². The fourth-order valence-corrected chi connectivity index (χ4v) is 3.78. The summed E-state index contributed by atoms with van der Waals surface area (Å²) in [5.74, 6) is 1.30. The van der Waals surface area contributed by atoms with Crippen molar-refractivity contribution in [3.05, 3.63) is 29.5 Å². The molecule has 0 unspecified atom stereocenters. The molecule has 6 heteroatoms. The Morgan fingerprint density at radius 3 is 2.72 bits per heavy atom. The van der Waals surface area contributed by atoms with Gasteiger partial charge in [-0.1, -0.05) is 25.3 Å². The van der Waals surface area contributed by atoms with E-state index in [0.29, 0.717) is 28.9 Å². The zero-order chi connectivity index (χ0) is 17.8. The minimum Gasteiger partial charge on any atom is -0.493 e. The van der Waals surface area contributed by atoms with Crippen LogP contribution in [0.5, 0.6) is 11.5 Å². The normalized spacial score (nSPS) is 20.1. The second-order valence-electron chi connectivity index (χ2n) is 6.30. The van der Waals surface area contributed by atoms with E-state index in [1.54, 1.807) is 12.0 Å². The smallest absolute Gasteiger partial charge is 0.276 e. The van der Waals surface area contributed by atoms with Crippen molar-refractivity contribution in [2.45, 2.75) is 45.1 Å². The summed E-state index contributed by atoms with van der Waals surface area (Å²) in [6.45, 7) is 2.50. The Bertz CT molecular complexity index is 696. The van der Waals surface area contributed by atoms with E-state index in [4.69, 9.17) is 21.7 Å². The summed E-state index contributed by atoms with van der Waals surface area (Å²) >= 11 is 5.40. The number of nitrogens with zero attached hydrogens (tertiary/aromatic N) is 1. The first-order chi connectivity index (χ1) is 12.1. The minimum atomic E-state index is -0.0373. The third kappa shape index (κ3) is 3.79. The Labute approximate surface area is 154 Å². The van der Waals surface area contributed by atoms with Crippen molar-refractivity contribution in [1.82, 2.24) is 10.2 Å². The first-order valence-corrected chi connectivity index (χ1v) is 9.22. The zero-order valence-corrected chi connectivity index (χ0v) is 15.5. The molecule has 2 aliphatic rings. The zero-order valence-electron chi connectivity index (χ0n) is 14.7. The second kappa shape index (κ2) is 7.87. The molecule has 0 bridgehead atoms. The third-order valence-electron chi connectivity index (χ3n) is 4.65. The lowest BCUT2D eigenvalue weighted by atomic mass is 9.94. The lowest BCUT2D eigenvalue weighted by molar-refractivity contribution is -0.124. The molecule has 0 radical (unpaired) electrons. The average Bonchev–Trinajstić information content (AvgIpc) is 2.90. The number of carbonyl (C=O) groups is 1. The second-order valence-corrected chi connectivity index (χ2v) is 6.69. The first kappa shape index (κ1) is 17.7. The number of carbonyl (C=O) groups excluding carboxylic acids is 1. The molecule has 1 amide bonds. The van der Waals surface area contributed by atoms with E-state index in [-0.39, 0.29) is 11.9 Å². The van der Waals surface area contributed by atoms with Crippen LogP contribution in [0.2, 0.25) is 0 Å². The van der Waals surface area contributed by atoms with Gasteiger partial charge < -0.3 is 14.8 Å². The van der Waals surface area contributed by atoms with E-state index < -0.39 is 0 Å². The van der Waals surface area contributed by atoms with Crippen LogP contribution in [0.4, 0.5) is 0 Å². The molecule has 3 rings (SSSR count). The molecule has 1 aliphatic carbocycles. The number of methoxy groups -OCH3 is 1. The lowest BCUT2D eigenvalue weighted by Gasteiger charge is -2.29. The highest BCUT2D eigenvalue weighted by Gasteiger charge is 2.36. The molecule has 134 valence electrons. The van der Waals surface area contributed by atoms with Gasteiger partial charge >= 0.3 is 0 Å². The van der Waals surface area contributed by atoms with E-state index in [9.17, 15) is 4.79 Å². The van der Waals surface area contributed by atoms with Gasteiger partial charge in [0.05, 0.1) is 13.7 Å². The molecule has 0 atom stereocenters. The Balaban J connectivity index is 1.81. The molecule has 1 heterocycles. The van der Waals surface area contributed by atoms with E-state index in [1.807, 2.05) is 31.2 Å². The van der Waals surface area contributed by atoms with Crippen molar-refractivity contribution in [2.75, 3.05) is 13.7 Å². The number of ether oxygens (including phenoxy) is 2. The summed E-state index contributed by atoms with van der Waals surface area (Å²) in [7, 11) is 1.60. The van der Waals surface area contributed by atoms with Crippen molar-refractivity contribution < 1.29 is 14.3 Å². The van der Waals surface area contributed by atoms with Crippen LogP contribution in [0.1, 0.15) is 44.6 Å². The van der Waals surface area contributed by atoms with E-state index in [1.165, 1.54) is 6.42 Å². The molecule has 1 aliphatic heterocycles. The topological polar surface area (TPSA) is 50.8 Å². The fraction of sp³-hybridized carbons (Fsp3) is 0.474. The van der Waals surface area contributed by atoms with Gasteiger partial charge in [-0.05, 0) is 55.8 Å². The van der Waals surface area contributed by atoms with Crippen LogP contribution >= 0.6 is 12.2 Å². The van der Waals surface area contributed by atoms with E-state index in [0.717, 1.165) is 31.2 Å². The summed E-state index contributed by atoms with van der Waals surface area (Å²) in [5, 5.41) is 3.59. The molecule has 1 saturated carbocycles. The van der Waals surface area contributed by atoms with E-state index in [2.05, 4.69) is 5.32 Å². The summed E-state index contributed by atoms with van der Waals surface area (Å²) in [4.78, 5) is 14.6. The van der Waals surface area contributed by atoms with Crippen LogP contribution in [-0.4, -0.2) is 35.7 Å². The average molecular weight is 360 g/mol. The van der Waals surface area contributed by atoms with Crippen LogP contribution in [0.3, 0.4) is 0 Å². The lowest BCUT2D eigenvalue weighted by Crippen LogP contribution is -2.41. The molecule has 0 spiro atoms. The number of benzene rings is 1. The highest BCUT2D eigenvalue weighted by molar-refractivity contribution is 7.80. The van der Waals surface area contributed by atoms with Crippen LogP contribution in [0.25, 0.3) is 6.08 Å². The summed E-state index contributed by atoms with van der Waals surface area (Å²) in [6.07, 6.45) is 7.43. The van der Waals surface area contributed by atoms with Crippen LogP contribution in [0, 0.1) is 0 Å². The molecular formula is C19H24N2O3S. The quantitative estimate of drug-likeness (QED) is 0.643. The molecule has 0 aromatic heterocycles. The van der Waals surface area contributed by atoms with Crippen LogP contribution < -0.4 is 14.8 Å². The fourth-order valence-electron chi connectivity index (χ4n) is 3.43. The van der Waals surface area contributed by atoms with Gasteiger partial charge in [-0.15, -0.1) is 0 Å². The van der Waals surface area contributed by atoms with Crippen LogP contribution in [0.15, 0.2) is 23.9 Å². The Kier molecular flexibility index (Phi) is 5.58. The molecule has 2 fully saturated rings.